The summed E-state index contributed by atoms with van der Waals surface area (Å²) in [5.41, 5.74) is 2.62. The molecule has 1 heterocycles. The van der Waals surface area contributed by atoms with Gasteiger partial charge < -0.3 is 14.6 Å². The van der Waals surface area contributed by atoms with Crippen LogP contribution in [0, 0.1) is 28.6 Å². The minimum Gasteiger partial charge on any atom is -0.389 e. The first-order valence-corrected chi connectivity index (χ1v) is 11.1. The standard InChI is InChI=1S/C24H36O3/c1-5-18-16(2)14-20-19-7-6-17-15-23(26-12-13-27-23)10-9-22(17,4)24(19,25)11-8-21(18,20)3/h5-6,16,19-20,25H,7-15H2,1-4H3/t16-,19-,20-,21+,22-,24+/m0/s1. The van der Waals surface area contributed by atoms with E-state index < -0.39 is 11.4 Å². The van der Waals surface area contributed by atoms with Crippen LogP contribution < -0.4 is 0 Å². The second-order valence-electron chi connectivity index (χ2n) is 10.5. The average Bonchev–Trinajstić information content (AvgIpc) is 3.19. The molecule has 0 unspecified atom stereocenters. The van der Waals surface area contributed by atoms with Crippen molar-refractivity contribution in [2.45, 2.75) is 84.0 Å². The van der Waals surface area contributed by atoms with Crippen molar-refractivity contribution in [1.82, 2.24) is 0 Å². The molecule has 3 heteroatoms. The fraction of sp³-hybridized carbons (Fsp3) is 0.833. The maximum atomic E-state index is 12.2. The highest BCUT2D eigenvalue weighted by Gasteiger charge is 2.66. The number of rotatable bonds is 0. The van der Waals surface area contributed by atoms with Gasteiger partial charge in [-0.3, -0.25) is 0 Å². The Labute approximate surface area is 164 Å². The Morgan fingerprint density at radius 2 is 1.81 bits per heavy atom. The number of aliphatic hydroxyl groups is 1. The summed E-state index contributed by atoms with van der Waals surface area (Å²) in [4.78, 5) is 0. The first-order valence-electron chi connectivity index (χ1n) is 11.1. The van der Waals surface area contributed by atoms with Gasteiger partial charge in [-0.05, 0) is 62.2 Å². The van der Waals surface area contributed by atoms with Gasteiger partial charge in [-0.15, -0.1) is 0 Å². The van der Waals surface area contributed by atoms with Crippen molar-refractivity contribution < 1.29 is 14.6 Å². The third-order valence-electron chi connectivity index (χ3n) is 9.61. The number of allylic oxidation sites excluding steroid dienone is 3. The topological polar surface area (TPSA) is 38.7 Å². The second kappa shape index (κ2) is 5.70. The van der Waals surface area contributed by atoms with Crippen LogP contribution in [0.5, 0.6) is 0 Å². The van der Waals surface area contributed by atoms with E-state index in [9.17, 15) is 5.11 Å². The molecule has 3 nitrogen and oxygen atoms in total. The third-order valence-corrected chi connectivity index (χ3v) is 9.61. The van der Waals surface area contributed by atoms with E-state index >= 15 is 0 Å². The lowest BCUT2D eigenvalue weighted by atomic mass is 9.45. The van der Waals surface area contributed by atoms with Gasteiger partial charge in [0.25, 0.3) is 0 Å². The molecule has 0 radical (unpaired) electrons. The van der Waals surface area contributed by atoms with Gasteiger partial charge in [0.15, 0.2) is 5.79 Å². The monoisotopic (exact) mass is 372 g/mol. The van der Waals surface area contributed by atoms with E-state index in [1.165, 1.54) is 12.0 Å². The van der Waals surface area contributed by atoms with Gasteiger partial charge >= 0.3 is 0 Å². The summed E-state index contributed by atoms with van der Waals surface area (Å²) in [6.07, 6.45) is 11.9. The molecular formula is C24H36O3. The molecule has 6 atom stereocenters. The Morgan fingerprint density at radius 3 is 2.52 bits per heavy atom. The lowest BCUT2D eigenvalue weighted by molar-refractivity contribution is -0.218. The quantitative estimate of drug-likeness (QED) is 0.608. The highest BCUT2D eigenvalue weighted by Crippen LogP contribution is 2.69. The molecule has 5 aliphatic rings. The Bertz CT molecular complexity index is 702. The number of ether oxygens (including phenoxy) is 2. The first-order chi connectivity index (χ1) is 12.8. The van der Waals surface area contributed by atoms with Crippen molar-refractivity contribution in [3.05, 3.63) is 23.3 Å². The van der Waals surface area contributed by atoms with Crippen LogP contribution in [0.1, 0.15) is 72.6 Å². The van der Waals surface area contributed by atoms with Crippen LogP contribution in [0.25, 0.3) is 0 Å². The summed E-state index contributed by atoms with van der Waals surface area (Å²) in [6.45, 7) is 10.8. The van der Waals surface area contributed by atoms with Gasteiger partial charge in [0.1, 0.15) is 0 Å². The molecule has 1 spiro atoms. The zero-order chi connectivity index (χ0) is 19.1. The van der Waals surface area contributed by atoms with E-state index in [4.69, 9.17) is 9.47 Å². The maximum Gasteiger partial charge on any atom is 0.172 e. The van der Waals surface area contributed by atoms with Crippen LogP contribution in [0.2, 0.25) is 0 Å². The minimum absolute atomic E-state index is 0.125. The number of fused-ring (bicyclic) bond motifs is 5. The Balaban J connectivity index is 1.52. The molecule has 5 rings (SSSR count). The summed E-state index contributed by atoms with van der Waals surface area (Å²) in [7, 11) is 0. The van der Waals surface area contributed by atoms with Gasteiger partial charge in [0.2, 0.25) is 0 Å². The van der Waals surface area contributed by atoms with E-state index in [-0.39, 0.29) is 10.8 Å². The van der Waals surface area contributed by atoms with Crippen LogP contribution in [0.15, 0.2) is 23.3 Å². The average molecular weight is 373 g/mol. The van der Waals surface area contributed by atoms with Gasteiger partial charge in [0.05, 0.1) is 18.8 Å². The van der Waals surface area contributed by atoms with Gasteiger partial charge in [-0.1, -0.05) is 44.1 Å². The van der Waals surface area contributed by atoms with E-state index in [1.807, 2.05) is 0 Å². The lowest BCUT2D eigenvalue weighted by Crippen LogP contribution is -2.63. The molecule has 27 heavy (non-hydrogen) atoms. The largest absolute Gasteiger partial charge is 0.389 e. The Hall–Kier alpha value is -0.640. The smallest absolute Gasteiger partial charge is 0.172 e. The van der Waals surface area contributed by atoms with Crippen LogP contribution in [-0.2, 0) is 9.47 Å². The molecule has 4 fully saturated rings. The summed E-state index contributed by atoms with van der Waals surface area (Å²) < 4.78 is 12.0. The maximum absolute atomic E-state index is 12.2. The molecule has 3 saturated carbocycles. The molecule has 4 aliphatic carbocycles. The fourth-order valence-corrected chi connectivity index (χ4v) is 8.09. The lowest BCUT2D eigenvalue weighted by Gasteiger charge is -2.63. The van der Waals surface area contributed by atoms with Crippen LogP contribution in [-0.4, -0.2) is 29.7 Å². The molecule has 0 aromatic carbocycles. The van der Waals surface area contributed by atoms with E-state index in [1.54, 1.807) is 5.57 Å². The molecule has 1 aliphatic heterocycles. The van der Waals surface area contributed by atoms with E-state index in [0.29, 0.717) is 31.0 Å². The summed E-state index contributed by atoms with van der Waals surface area (Å²) >= 11 is 0. The molecule has 1 N–H and O–H groups in total. The molecule has 0 amide bonds. The van der Waals surface area contributed by atoms with E-state index in [2.05, 4.69) is 39.8 Å². The Morgan fingerprint density at radius 1 is 1.07 bits per heavy atom. The molecule has 1 saturated heterocycles. The predicted octanol–water partition coefficient (Wildman–Crippen LogP) is 5.00. The summed E-state index contributed by atoms with van der Waals surface area (Å²) in [5, 5.41) is 12.2. The van der Waals surface area contributed by atoms with Crippen LogP contribution in [0.3, 0.4) is 0 Å². The van der Waals surface area contributed by atoms with Crippen LogP contribution >= 0.6 is 0 Å². The van der Waals surface area contributed by atoms with E-state index in [0.717, 1.165) is 38.5 Å². The second-order valence-corrected chi connectivity index (χ2v) is 10.5. The normalized spacial score (nSPS) is 52.4. The molecule has 0 aromatic heterocycles. The molecule has 150 valence electrons. The predicted molar refractivity (Wildman–Crippen MR) is 106 cm³/mol. The SMILES string of the molecule is CC=C1[C@@H](C)C[C@H]2[C@@H]3CC=C4CC5(CC[C@]4(C)[C@@]3(O)CC[C@]12C)OCCO5. The van der Waals surface area contributed by atoms with Crippen molar-refractivity contribution in [3.8, 4) is 0 Å². The highest BCUT2D eigenvalue weighted by molar-refractivity contribution is 5.35. The zero-order valence-corrected chi connectivity index (χ0v) is 17.5. The van der Waals surface area contributed by atoms with Crippen molar-refractivity contribution in [2.75, 3.05) is 13.2 Å². The minimum atomic E-state index is -0.579. The van der Waals surface area contributed by atoms with Gasteiger partial charge in [-0.25, -0.2) is 0 Å². The van der Waals surface area contributed by atoms with Gasteiger partial charge in [0, 0.05) is 18.3 Å². The molecule has 0 aromatic rings. The number of hydrogen-bond acceptors (Lipinski definition) is 3. The zero-order valence-electron chi connectivity index (χ0n) is 17.5. The summed E-state index contributed by atoms with van der Waals surface area (Å²) in [6, 6.07) is 0. The van der Waals surface area contributed by atoms with Crippen molar-refractivity contribution in [1.29, 1.82) is 0 Å². The van der Waals surface area contributed by atoms with Crippen LogP contribution in [0.4, 0.5) is 0 Å². The Kier molecular flexibility index (Phi) is 3.89. The van der Waals surface area contributed by atoms with Crippen molar-refractivity contribution >= 4 is 0 Å². The summed E-state index contributed by atoms with van der Waals surface area (Å²) in [5.74, 6) is 1.23. The first kappa shape index (κ1) is 18.4. The van der Waals surface area contributed by atoms with Gasteiger partial charge in [-0.2, -0.15) is 0 Å². The molecule has 0 bridgehead atoms. The van der Waals surface area contributed by atoms with Crippen molar-refractivity contribution in [3.63, 3.8) is 0 Å². The highest BCUT2D eigenvalue weighted by atomic mass is 16.7. The molecular weight excluding hydrogens is 336 g/mol. The third kappa shape index (κ3) is 2.20. The van der Waals surface area contributed by atoms with Crippen molar-refractivity contribution in [2.24, 2.45) is 28.6 Å². The fourth-order valence-electron chi connectivity index (χ4n) is 8.09. The number of hydrogen-bond donors (Lipinski definition) is 1.